The van der Waals surface area contributed by atoms with Crippen LogP contribution in [0.15, 0.2) is 29.2 Å². The largest absolute Gasteiger partial charge is 0.405 e. The van der Waals surface area contributed by atoms with Gasteiger partial charge in [0.1, 0.15) is 6.54 Å². The lowest BCUT2D eigenvalue weighted by molar-refractivity contribution is -0.123. The number of benzene rings is 1. The Hall–Kier alpha value is -1.36. The lowest BCUT2D eigenvalue weighted by atomic mass is 10.2. The number of hydrogen-bond donors (Lipinski definition) is 2. The van der Waals surface area contributed by atoms with Gasteiger partial charge in [0.15, 0.2) is 0 Å². The number of nitrogens with one attached hydrogen (secondary N) is 2. The van der Waals surface area contributed by atoms with Gasteiger partial charge in [0.25, 0.3) is 5.91 Å². The first-order chi connectivity index (χ1) is 12.1. The minimum atomic E-state index is -4.51. The Morgan fingerprint density at radius 1 is 1.30 bits per heavy atom. The lowest BCUT2D eigenvalue weighted by Crippen LogP contribution is -2.42. The summed E-state index contributed by atoms with van der Waals surface area (Å²) < 4.78 is 63.7. The molecule has 1 aliphatic rings. The molecule has 1 amide bonds. The number of carbonyl (C=O) groups is 1. The first-order valence-electron chi connectivity index (χ1n) is 8.32. The average Bonchev–Trinajstić information content (AvgIpc) is 3.11. The topological polar surface area (TPSA) is 78.5 Å². The van der Waals surface area contributed by atoms with E-state index in [4.69, 9.17) is 0 Å². The molecule has 0 spiro atoms. The molecule has 0 bridgehead atoms. The molecule has 1 aromatic carbocycles. The number of sulfonamides is 1. The molecule has 1 aliphatic heterocycles. The lowest BCUT2D eigenvalue weighted by Gasteiger charge is -2.27. The number of halogens is 4. The summed E-state index contributed by atoms with van der Waals surface area (Å²) in [6.07, 6.45) is -3.13. The van der Waals surface area contributed by atoms with Crippen molar-refractivity contribution in [1.29, 1.82) is 0 Å². The zero-order valence-corrected chi connectivity index (χ0v) is 16.4. The molecular formula is C16H23ClF3N3O3S. The molecule has 11 heteroatoms. The molecule has 0 radical (unpaired) electrons. The second-order valence-electron chi connectivity index (χ2n) is 6.08. The molecule has 27 heavy (non-hydrogen) atoms. The molecule has 1 unspecified atom stereocenters. The Morgan fingerprint density at radius 3 is 2.41 bits per heavy atom. The van der Waals surface area contributed by atoms with E-state index < -0.39 is 28.7 Å². The monoisotopic (exact) mass is 429 g/mol. The van der Waals surface area contributed by atoms with Crippen molar-refractivity contribution >= 4 is 28.3 Å². The highest BCUT2D eigenvalue weighted by molar-refractivity contribution is 7.89. The van der Waals surface area contributed by atoms with Crippen LogP contribution in [0.4, 0.5) is 13.2 Å². The molecule has 1 saturated heterocycles. The third-order valence-corrected chi connectivity index (χ3v) is 6.02. The molecule has 0 aliphatic carbocycles. The third kappa shape index (κ3) is 6.34. The maximum atomic E-state index is 12.9. The second kappa shape index (κ2) is 9.72. The average molecular weight is 430 g/mol. The number of rotatable bonds is 7. The Balaban J connectivity index is 0.00000364. The van der Waals surface area contributed by atoms with E-state index in [2.05, 4.69) is 5.32 Å². The summed E-state index contributed by atoms with van der Waals surface area (Å²) in [6, 6.07) is 4.81. The minimum Gasteiger partial charge on any atom is -0.343 e. The fraction of sp³-hybridized carbons (Fsp3) is 0.562. The quantitative estimate of drug-likeness (QED) is 0.696. The van der Waals surface area contributed by atoms with Crippen molar-refractivity contribution in [2.75, 3.05) is 26.2 Å². The van der Waals surface area contributed by atoms with Gasteiger partial charge in [-0.25, -0.2) is 8.42 Å². The molecule has 1 atom stereocenters. The van der Waals surface area contributed by atoms with E-state index >= 15 is 0 Å². The molecule has 1 fully saturated rings. The van der Waals surface area contributed by atoms with Gasteiger partial charge in [-0.15, -0.1) is 12.4 Å². The normalized spacial score (nSPS) is 17.6. The van der Waals surface area contributed by atoms with Gasteiger partial charge in [-0.1, -0.05) is 6.92 Å². The van der Waals surface area contributed by atoms with E-state index in [1.165, 1.54) is 28.6 Å². The highest BCUT2D eigenvalue weighted by atomic mass is 35.5. The third-order valence-electron chi connectivity index (χ3n) is 4.06. The van der Waals surface area contributed by atoms with Crippen molar-refractivity contribution in [3.63, 3.8) is 0 Å². The van der Waals surface area contributed by atoms with E-state index in [0.717, 1.165) is 13.0 Å². The second-order valence-corrected chi connectivity index (χ2v) is 7.98. The van der Waals surface area contributed by atoms with Gasteiger partial charge in [-0.3, -0.25) is 4.79 Å². The van der Waals surface area contributed by atoms with E-state index in [9.17, 15) is 26.4 Å². The summed E-state index contributed by atoms with van der Waals surface area (Å²) in [5.74, 6) is -0.906. The van der Waals surface area contributed by atoms with Crippen LogP contribution in [0.1, 0.15) is 30.1 Å². The highest BCUT2D eigenvalue weighted by Crippen LogP contribution is 2.22. The fourth-order valence-electron chi connectivity index (χ4n) is 2.80. The van der Waals surface area contributed by atoms with E-state index in [1.54, 1.807) is 5.32 Å². The molecular weight excluding hydrogens is 407 g/mol. The van der Waals surface area contributed by atoms with Crippen LogP contribution in [-0.4, -0.2) is 57.0 Å². The van der Waals surface area contributed by atoms with Crippen LogP contribution in [0, 0.1) is 0 Å². The zero-order chi connectivity index (χ0) is 19.4. The van der Waals surface area contributed by atoms with Crippen molar-refractivity contribution in [1.82, 2.24) is 14.9 Å². The number of amides is 1. The van der Waals surface area contributed by atoms with E-state index in [1.807, 2.05) is 6.92 Å². The van der Waals surface area contributed by atoms with Crippen LogP contribution in [0.25, 0.3) is 0 Å². The van der Waals surface area contributed by atoms with Crippen LogP contribution in [0.2, 0.25) is 0 Å². The van der Waals surface area contributed by atoms with Crippen molar-refractivity contribution in [3.05, 3.63) is 29.8 Å². The summed E-state index contributed by atoms with van der Waals surface area (Å²) in [6.45, 7) is 2.15. The number of hydrogen-bond acceptors (Lipinski definition) is 4. The van der Waals surface area contributed by atoms with Crippen LogP contribution in [-0.2, 0) is 10.0 Å². The van der Waals surface area contributed by atoms with E-state index in [0.29, 0.717) is 19.5 Å². The van der Waals surface area contributed by atoms with E-state index in [-0.39, 0.29) is 28.9 Å². The van der Waals surface area contributed by atoms with Crippen LogP contribution >= 0.6 is 12.4 Å². The first-order valence-corrected chi connectivity index (χ1v) is 9.76. The molecule has 1 aromatic rings. The molecule has 6 nitrogen and oxygen atoms in total. The smallest absolute Gasteiger partial charge is 0.343 e. The summed E-state index contributed by atoms with van der Waals surface area (Å²) >= 11 is 0. The summed E-state index contributed by atoms with van der Waals surface area (Å²) in [5.41, 5.74) is -0.0298. The standard InChI is InChI=1S/C16H22F3N3O3S.ClH/c1-2-9-22(13-7-8-20-10-13)26(24,25)14-5-3-12(4-6-14)15(23)21-11-16(17,18)19;/h3-6,13,20H,2,7-11H2,1H3,(H,21,23);1H. The predicted molar refractivity (Wildman–Crippen MR) is 97.5 cm³/mol. The summed E-state index contributed by atoms with van der Waals surface area (Å²) in [5, 5.41) is 4.89. The Kier molecular flexibility index (Phi) is 8.52. The zero-order valence-electron chi connectivity index (χ0n) is 14.8. The fourth-order valence-corrected chi connectivity index (χ4v) is 4.55. The number of alkyl halides is 3. The number of nitrogens with zero attached hydrogens (tertiary/aromatic N) is 1. The van der Waals surface area contributed by atoms with Crippen molar-refractivity contribution in [2.45, 2.75) is 36.9 Å². The maximum Gasteiger partial charge on any atom is 0.405 e. The van der Waals surface area contributed by atoms with Crippen LogP contribution in [0.5, 0.6) is 0 Å². The molecule has 1 heterocycles. The molecule has 2 rings (SSSR count). The van der Waals surface area contributed by atoms with Gasteiger partial charge in [0.2, 0.25) is 10.0 Å². The molecule has 0 aromatic heterocycles. The van der Waals surface area contributed by atoms with Crippen molar-refractivity contribution in [3.8, 4) is 0 Å². The Labute approximate surface area is 163 Å². The van der Waals surface area contributed by atoms with Gasteiger partial charge < -0.3 is 10.6 Å². The summed E-state index contributed by atoms with van der Waals surface area (Å²) in [7, 11) is -3.74. The van der Waals surface area contributed by atoms with Gasteiger partial charge in [0.05, 0.1) is 4.90 Å². The Morgan fingerprint density at radius 2 is 1.93 bits per heavy atom. The molecule has 0 saturated carbocycles. The SMILES string of the molecule is CCCN(C1CCNC1)S(=O)(=O)c1ccc(C(=O)NCC(F)(F)F)cc1.Cl. The predicted octanol–water partition coefficient (Wildman–Crippen LogP) is 2.16. The maximum absolute atomic E-state index is 12.9. The van der Waals surface area contributed by atoms with Crippen LogP contribution in [0.3, 0.4) is 0 Å². The van der Waals surface area contributed by atoms with Gasteiger partial charge in [0, 0.05) is 24.7 Å². The molecule has 154 valence electrons. The molecule has 2 N–H and O–H groups in total. The van der Waals surface area contributed by atoms with Gasteiger partial charge in [-0.2, -0.15) is 17.5 Å². The van der Waals surface area contributed by atoms with Crippen molar-refractivity contribution < 1.29 is 26.4 Å². The Bertz CT molecular complexity index is 721. The minimum absolute atomic E-state index is 0. The first kappa shape index (κ1) is 23.7. The summed E-state index contributed by atoms with van der Waals surface area (Å²) in [4.78, 5) is 11.7. The van der Waals surface area contributed by atoms with Crippen LogP contribution < -0.4 is 10.6 Å². The van der Waals surface area contributed by atoms with Crippen molar-refractivity contribution in [2.24, 2.45) is 0 Å². The number of carbonyl (C=O) groups excluding carboxylic acids is 1. The highest BCUT2D eigenvalue weighted by Gasteiger charge is 2.33. The van der Waals surface area contributed by atoms with Gasteiger partial charge in [-0.05, 0) is 43.7 Å². The van der Waals surface area contributed by atoms with Gasteiger partial charge >= 0.3 is 6.18 Å².